The van der Waals surface area contributed by atoms with E-state index in [1.54, 1.807) is 0 Å². The van der Waals surface area contributed by atoms with Gasteiger partial charge in [0.1, 0.15) is 5.75 Å². The fraction of sp³-hybridized carbons (Fsp3) is 0.294. The average molecular weight is 448 g/mol. The minimum absolute atomic E-state index is 0.710. The molecule has 0 bridgehead atoms. The molecule has 0 amide bonds. The second-order valence-electron chi connectivity index (χ2n) is 4.93. The lowest BCUT2D eigenvalue weighted by Gasteiger charge is -2.12. The van der Waals surface area contributed by atoms with E-state index >= 15 is 0 Å². The maximum atomic E-state index is 6.15. The number of halogens is 3. The number of hydrogen-bond donors (Lipinski definition) is 1. The van der Waals surface area contributed by atoms with E-state index in [1.807, 2.05) is 24.3 Å². The number of hydrogen-bond acceptors (Lipinski definition) is 2. The molecule has 0 radical (unpaired) electrons. The van der Waals surface area contributed by atoms with E-state index in [-0.39, 0.29) is 0 Å². The van der Waals surface area contributed by atoms with Crippen molar-refractivity contribution in [2.45, 2.75) is 26.4 Å². The highest BCUT2D eigenvalue weighted by atomic mass is 79.9. The summed E-state index contributed by atoms with van der Waals surface area (Å²) in [6, 6.07) is 12.0. The summed E-state index contributed by atoms with van der Waals surface area (Å²) in [5, 5.41) is 4.20. The molecular weight excluding hydrogens is 429 g/mol. The molecular formula is C17H18Br2ClNO. The Morgan fingerprint density at radius 2 is 1.77 bits per heavy atom. The van der Waals surface area contributed by atoms with Crippen molar-refractivity contribution in [3.05, 3.63) is 61.5 Å². The number of benzene rings is 2. The van der Waals surface area contributed by atoms with Crippen LogP contribution in [0.2, 0.25) is 5.02 Å². The first-order chi connectivity index (χ1) is 10.6. The van der Waals surface area contributed by atoms with Crippen LogP contribution in [0.3, 0.4) is 0 Å². The van der Waals surface area contributed by atoms with Gasteiger partial charge < -0.3 is 10.1 Å². The highest BCUT2D eigenvalue weighted by Gasteiger charge is 2.09. The molecule has 2 nitrogen and oxygen atoms in total. The zero-order valence-electron chi connectivity index (χ0n) is 12.3. The zero-order valence-corrected chi connectivity index (χ0v) is 16.3. The van der Waals surface area contributed by atoms with Crippen LogP contribution >= 0.6 is 43.5 Å². The molecule has 2 aromatic rings. The smallest absolute Gasteiger partial charge is 0.147 e. The standard InChI is InChI=1S/C17H18Br2ClNO/c1-2-7-22-17-14(18)8-12(9-15(17)19)10-21-11-13-5-3-4-6-16(13)20/h3-6,8-9,21H,2,7,10-11H2,1H3. The van der Waals surface area contributed by atoms with Crippen molar-refractivity contribution in [3.8, 4) is 5.75 Å². The van der Waals surface area contributed by atoms with E-state index < -0.39 is 0 Å². The van der Waals surface area contributed by atoms with Gasteiger partial charge in [0.25, 0.3) is 0 Å². The molecule has 0 aliphatic heterocycles. The van der Waals surface area contributed by atoms with Crippen LogP contribution in [0.4, 0.5) is 0 Å². The summed E-state index contributed by atoms with van der Waals surface area (Å²) in [6.07, 6.45) is 0.986. The van der Waals surface area contributed by atoms with Crippen molar-refractivity contribution in [3.63, 3.8) is 0 Å². The fourth-order valence-electron chi connectivity index (χ4n) is 2.04. The molecule has 0 heterocycles. The van der Waals surface area contributed by atoms with Crippen molar-refractivity contribution >= 4 is 43.5 Å². The van der Waals surface area contributed by atoms with Gasteiger partial charge in [-0.2, -0.15) is 0 Å². The van der Waals surface area contributed by atoms with E-state index in [4.69, 9.17) is 16.3 Å². The van der Waals surface area contributed by atoms with Crippen LogP contribution < -0.4 is 10.1 Å². The molecule has 0 atom stereocenters. The van der Waals surface area contributed by atoms with Gasteiger partial charge in [-0.1, -0.05) is 36.7 Å². The molecule has 1 N–H and O–H groups in total. The average Bonchev–Trinajstić information content (AvgIpc) is 2.48. The van der Waals surface area contributed by atoms with E-state index in [2.05, 4.69) is 56.2 Å². The van der Waals surface area contributed by atoms with Crippen LogP contribution in [0.5, 0.6) is 5.75 Å². The summed E-state index contributed by atoms with van der Waals surface area (Å²) in [5.41, 5.74) is 2.28. The van der Waals surface area contributed by atoms with Crippen LogP contribution in [0.25, 0.3) is 0 Å². The molecule has 22 heavy (non-hydrogen) atoms. The summed E-state index contributed by atoms with van der Waals surface area (Å²) < 4.78 is 7.66. The highest BCUT2D eigenvalue weighted by Crippen LogP contribution is 2.34. The Kier molecular flexibility index (Phi) is 7.22. The number of rotatable bonds is 7. The molecule has 5 heteroatoms. The van der Waals surface area contributed by atoms with Crippen LogP contribution in [0.15, 0.2) is 45.3 Å². The summed E-state index contributed by atoms with van der Waals surface area (Å²) in [7, 11) is 0. The van der Waals surface area contributed by atoms with Crippen LogP contribution in [0, 0.1) is 0 Å². The minimum Gasteiger partial charge on any atom is -0.491 e. The summed E-state index contributed by atoms with van der Waals surface area (Å²) in [4.78, 5) is 0. The summed E-state index contributed by atoms with van der Waals surface area (Å²) in [6.45, 7) is 4.30. The van der Waals surface area contributed by atoms with Crippen LogP contribution in [-0.2, 0) is 13.1 Å². The third-order valence-electron chi connectivity index (χ3n) is 3.11. The Labute approximate surface area is 153 Å². The van der Waals surface area contributed by atoms with Gasteiger partial charge >= 0.3 is 0 Å². The maximum Gasteiger partial charge on any atom is 0.147 e. The molecule has 2 rings (SSSR count). The van der Waals surface area contributed by atoms with Gasteiger partial charge in [0.15, 0.2) is 0 Å². The number of ether oxygens (including phenoxy) is 1. The molecule has 0 fully saturated rings. The minimum atomic E-state index is 0.710. The van der Waals surface area contributed by atoms with Crippen LogP contribution in [0.1, 0.15) is 24.5 Å². The first kappa shape index (κ1) is 17.8. The van der Waals surface area contributed by atoms with Crippen molar-refractivity contribution in [2.75, 3.05) is 6.61 Å². The van der Waals surface area contributed by atoms with Gasteiger partial charge in [0, 0.05) is 18.1 Å². The SMILES string of the molecule is CCCOc1c(Br)cc(CNCc2ccccc2Cl)cc1Br. The Hall–Kier alpha value is -0.550. The predicted molar refractivity (Wildman–Crippen MR) is 99.6 cm³/mol. The molecule has 0 spiro atoms. The largest absolute Gasteiger partial charge is 0.491 e. The molecule has 0 aromatic heterocycles. The van der Waals surface area contributed by atoms with Gasteiger partial charge in [-0.15, -0.1) is 0 Å². The Morgan fingerprint density at radius 3 is 2.41 bits per heavy atom. The Balaban J connectivity index is 1.97. The second-order valence-corrected chi connectivity index (χ2v) is 7.05. The molecule has 118 valence electrons. The summed E-state index contributed by atoms with van der Waals surface area (Å²) in [5.74, 6) is 0.858. The molecule has 2 aromatic carbocycles. The van der Waals surface area contributed by atoms with Crippen molar-refractivity contribution in [1.29, 1.82) is 0 Å². The van der Waals surface area contributed by atoms with Gasteiger partial charge in [-0.3, -0.25) is 0 Å². The van der Waals surface area contributed by atoms with Crippen molar-refractivity contribution in [2.24, 2.45) is 0 Å². The van der Waals surface area contributed by atoms with E-state index in [0.717, 1.165) is 44.8 Å². The van der Waals surface area contributed by atoms with Crippen molar-refractivity contribution < 1.29 is 4.74 Å². The van der Waals surface area contributed by atoms with Crippen LogP contribution in [-0.4, -0.2) is 6.61 Å². The normalized spacial score (nSPS) is 10.7. The summed E-state index contributed by atoms with van der Waals surface area (Å²) >= 11 is 13.3. The molecule has 0 unspecified atom stereocenters. The predicted octanol–water partition coefficient (Wildman–Crippen LogP) is 5.94. The monoisotopic (exact) mass is 445 g/mol. The van der Waals surface area contributed by atoms with Gasteiger partial charge in [0.05, 0.1) is 15.6 Å². The van der Waals surface area contributed by atoms with E-state index in [1.165, 1.54) is 5.56 Å². The van der Waals surface area contributed by atoms with Gasteiger partial charge in [-0.05, 0) is 67.6 Å². The molecule has 0 saturated carbocycles. The van der Waals surface area contributed by atoms with E-state index in [9.17, 15) is 0 Å². The Bertz CT molecular complexity index is 611. The number of nitrogens with one attached hydrogen (secondary N) is 1. The molecule has 0 aliphatic carbocycles. The third kappa shape index (κ3) is 4.98. The van der Waals surface area contributed by atoms with Gasteiger partial charge in [-0.25, -0.2) is 0 Å². The maximum absolute atomic E-state index is 6.15. The van der Waals surface area contributed by atoms with E-state index in [0.29, 0.717) is 6.61 Å². The Morgan fingerprint density at radius 1 is 1.09 bits per heavy atom. The zero-order chi connectivity index (χ0) is 15.9. The van der Waals surface area contributed by atoms with Crippen molar-refractivity contribution in [1.82, 2.24) is 5.32 Å². The fourth-order valence-corrected chi connectivity index (χ4v) is 3.75. The second kappa shape index (κ2) is 8.92. The topological polar surface area (TPSA) is 21.3 Å². The molecule has 0 saturated heterocycles. The quantitative estimate of drug-likeness (QED) is 0.567. The lowest BCUT2D eigenvalue weighted by molar-refractivity contribution is 0.313. The first-order valence-corrected chi connectivity index (χ1v) is 9.13. The third-order valence-corrected chi connectivity index (χ3v) is 4.66. The highest BCUT2D eigenvalue weighted by molar-refractivity contribution is 9.11. The molecule has 0 aliphatic rings. The van der Waals surface area contributed by atoms with Gasteiger partial charge in [0.2, 0.25) is 0 Å². The first-order valence-electron chi connectivity index (χ1n) is 7.16. The lowest BCUT2D eigenvalue weighted by Crippen LogP contribution is -2.13. The lowest BCUT2D eigenvalue weighted by atomic mass is 10.2.